The molecule has 0 amide bonds. The average Bonchev–Trinajstić information content (AvgIpc) is 2.97. The Morgan fingerprint density at radius 3 is 2.35 bits per heavy atom. The molecule has 0 aromatic carbocycles. The molecule has 4 atom stereocenters. The fraction of sp³-hybridized carbons (Fsp3) is 0.923. The standard InChI is InChI=1S/C13H21NO8S/c1-12(2)17-6-7(19-12)8-9-10(21-13(3,4)20-9)11(18-8)14-22-23(5,15)16/h7-10H,6H2,1-5H3/b14-11+/t7-,8-,9+,10+/m1/s1. The highest BCUT2D eigenvalue weighted by atomic mass is 32.2. The minimum absolute atomic E-state index is 0.0179. The molecule has 0 saturated carbocycles. The zero-order chi connectivity index (χ0) is 17.0. The highest BCUT2D eigenvalue weighted by Crippen LogP contribution is 2.40. The van der Waals surface area contributed by atoms with Crippen LogP contribution in [0, 0.1) is 0 Å². The van der Waals surface area contributed by atoms with E-state index in [0.717, 1.165) is 6.26 Å². The Kier molecular flexibility index (Phi) is 3.88. The molecular weight excluding hydrogens is 330 g/mol. The van der Waals surface area contributed by atoms with Crippen molar-refractivity contribution in [1.29, 1.82) is 0 Å². The fourth-order valence-electron chi connectivity index (χ4n) is 2.84. The Morgan fingerprint density at radius 2 is 1.78 bits per heavy atom. The summed E-state index contributed by atoms with van der Waals surface area (Å²) in [5.41, 5.74) is 0. The van der Waals surface area contributed by atoms with Crippen LogP contribution in [0.3, 0.4) is 0 Å². The van der Waals surface area contributed by atoms with Crippen LogP contribution in [0.1, 0.15) is 27.7 Å². The van der Waals surface area contributed by atoms with Gasteiger partial charge in [0, 0.05) is 0 Å². The molecule has 3 heterocycles. The van der Waals surface area contributed by atoms with Crippen LogP contribution in [-0.4, -0.2) is 63.2 Å². The number of oxime groups is 1. The van der Waals surface area contributed by atoms with Crippen LogP contribution in [0.25, 0.3) is 0 Å². The first-order chi connectivity index (χ1) is 10.5. The van der Waals surface area contributed by atoms with Gasteiger partial charge in [0.25, 0.3) is 5.90 Å². The lowest BCUT2D eigenvalue weighted by Gasteiger charge is -2.25. The Balaban J connectivity index is 1.82. The number of ether oxygens (including phenoxy) is 5. The van der Waals surface area contributed by atoms with Crippen molar-refractivity contribution in [2.24, 2.45) is 5.16 Å². The van der Waals surface area contributed by atoms with Crippen molar-refractivity contribution >= 4 is 16.0 Å². The zero-order valence-electron chi connectivity index (χ0n) is 13.6. The Morgan fingerprint density at radius 1 is 1.09 bits per heavy atom. The van der Waals surface area contributed by atoms with Gasteiger partial charge in [-0.3, -0.25) is 4.28 Å². The van der Waals surface area contributed by atoms with Crippen molar-refractivity contribution in [2.45, 2.75) is 63.7 Å². The molecule has 0 N–H and O–H groups in total. The summed E-state index contributed by atoms with van der Waals surface area (Å²) < 4.78 is 55.4. The van der Waals surface area contributed by atoms with E-state index in [1.54, 1.807) is 27.7 Å². The molecule has 9 nitrogen and oxygen atoms in total. The summed E-state index contributed by atoms with van der Waals surface area (Å²) in [6.45, 7) is 7.44. The van der Waals surface area contributed by atoms with E-state index in [-0.39, 0.29) is 12.0 Å². The second kappa shape index (κ2) is 5.28. The fourth-order valence-corrected chi connectivity index (χ4v) is 3.05. The summed E-state index contributed by atoms with van der Waals surface area (Å²) in [5.74, 6) is -1.55. The second-order valence-electron chi connectivity index (χ2n) is 6.68. The molecule has 0 spiro atoms. The molecule has 0 radical (unpaired) electrons. The SMILES string of the molecule is CC1(C)O[C@H]2[C@@H]([C@H]3COC(C)(C)O3)O/C(=N/OS(C)(=O)=O)[C@H]2O1. The van der Waals surface area contributed by atoms with Gasteiger partial charge in [0.05, 0.1) is 12.9 Å². The monoisotopic (exact) mass is 351 g/mol. The topological polar surface area (TPSA) is 102 Å². The minimum Gasteiger partial charge on any atom is -0.468 e. The number of rotatable bonds is 3. The molecule has 3 aliphatic rings. The van der Waals surface area contributed by atoms with Gasteiger partial charge in [-0.2, -0.15) is 8.42 Å². The summed E-state index contributed by atoms with van der Waals surface area (Å²) in [5, 5.41) is 3.57. The number of fused-ring (bicyclic) bond motifs is 1. The van der Waals surface area contributed by atoms with Gasteiger partial charge in [-0.25, -0.2) is 0 Å². The van der Waals surface area contributed by atoms with E-state index >= 15 is 0 Å². The van der Waals surface area contributed by atoms with Crippen LogP contribution in [0.4, 0.5) is 0 Å². The van der Waals surface area contributed by atoms with Crippen LogP contribution >= 0.6 is 0 Å². The molecule has 3 aliphatic heterocycles. The summed E-state index contributed by atoms with van der Waals surface area (Å²) in [7, 11) is -3.74. The summed E-state index contributed by atoms with van der Waals surface area (Å²) in [6, 6.07) is 0. The molecule has 0 bridgehead atoms. The summed E-state index contributed by atoms with van der Waals surface area (Å²) in [6.07, 6.45) is -1.18. The van der Waals surface area contributed by atoms with Gasteiger partial charge in [0.1, 0.15) is 12.2 Å². The molecule has 23 heavy (non-hydrogen) atoms. The quantitative estimate of drug-likeness (QED) is 0.671. The highest BCUT2D eigenvalue weighted by molar-refractivity contribution is 7.85. The van der Waals surface area contributed by atoms with E-state index in [4.69, 9.17) is 23.7 Å². The predicted octanol–water partition coefficient (Wildman–Crippen LogP) is 0.346. The highest BCUT2D eigenvalue weighted by Gasteiger charge is 2.59. The molecule has 132 valence electrons. The van der Waals surface area contributed by atoms with Gasteiger partial charge in [-0.15, -0.1) is 0 Å². The van der Waals surface area contributed by atoms with Gasteiger partial charge < -0.3 is 23.7 Å². The van der Waals surface area contributed by atoms with Crippen LogP contribution in [0.2, 0.25) is 0 Å². The Bertz CT molecular complexity index is 613. The van der Waals surface area contributed by atoms with Gasteiger partial charge in [-0.05, 0) is 32.9 Å². The first-order valence-electron chi connectivity index (χ1n) is 7.26. The summed E-state index contributed by atoms with van der Waals surface area (Å²) >= 11 is 0. The maximum Gasteiger partial charge on any atom is 0.325 e. The van der Waals surface area contributed by atoms with E-state index in [2.05, 4.69) is 9.44 Å². The van der Waals surface area contributed by atoms with Crippen LogP contribution in [-0.2, 0) is 38.1 Å². The lowest BCUT2D eigenvalue weighted by atomic mass is 10.1. The number of nitrogens with zero attached hydrogens (tertiary/aromatic N) is 1. The Hall–Kier alpha value is -0.940. The van der Waals surface area contributed by atoms with E-state index < -0.39 is 40.0 Å². The largest absolute Gasteiger partial charge is 0.468 e. The predicted molar refractivity (Wildman–Crippen MR) is 77.0 cm³/mol. The molecule has 0 aliphatic carbocycles. The van der Waals surface area contributed by atoms with Gasteiger partial charge in [0.2, 0.25) is 0 Å². The third-order valence-corrected chi connectivity index (χ3v) is 3.96. The average molecular weight is 351 g/mol. The van der Waals surface area contributed by atoms with Gasteiger partial charge in [-0.1, -0.05) is 0 Å². The molecule has 0 aromatic heterocycles. The second-order valence-corrected chi connectivity index (χ2v) is 8.24. The molecule has 3 rings (SSSR count). The van der Waals surface area contributed by atoms with E-state index in [9.17, 15) is 8.42 Å². The van der Waals surface area contributed by atoms with Crippen LogP contribution < -0.4 is 0 Å². The van der Waals surface area contributed by atoms with Gasteiger partial charge in [0.15, 0.2) is 23.8 Å². The molecule has 10 heteroatoms. The third kappa shape index (κ3) is 3.61. The maximum absolute atomic E-state index is 11.1. The summed E-state index contributed by atoms with van der Waals surface area (Å²) in [4.78, 5) is 0. The van der Waals surface area contributed by atoms with Crippen molar-refractivity contribution < 1.29 is 36.4 Å². The van der Waals surface area contributed by atoms with Crippen LogP contribution in [0.15, 0.2) is 5.16 Å². The third-order valence-electron chi connectivity index (χ3n) is 3.61. The molecule has 0 unspecified atom stereocenters. The smallest absolute Gasteiger partial charge is 0.325 e. The number of hydrogen-bond donors (Lipinski definition) is 0. The van der Waals surface area contributed by atoms with Crippen molar-refractivity contribution in [1.82, 2.24) is 0 Å². The van der Waals surface area contributed by atoms with Gasteiger partial charge >= 0.3 is 10.1 Å². The van der Waals surface area contributed by atoms with Crippen molar-refractivity contribution in [2.75, 3.05) is 12.9 Å². The van der Waals surface area contributed by atoms with E-state index in [0.29, 0.717) is 6.61 Å². The van der Waals surface area contributed by atoms with Crippen molar-refractivity contribution in [3.8, 4) is 0 Å². The first kappa shape index (κ1) is 16.9. The van der Waals surface area contributed by atoms with E-state index in [1.165, 1.54) is 0 Å². The lowest BCUT2D eigenvalue weighted by Crippen LogP contribution is -2.40. The normalized spacial score (nSPS) is 40.1. The minimum atomic E-state index is -3.74. The molecule has 3 fully saturated rings. The van der Waals surface area contributed by atoms with Crippen molar-refractivity contribution in [3.63, 3.8) is 0 Å². The Labute approximate surface area is 134 Å². The molecule has 3 saturated heterocycles. The zero-order valence-corrected chi connectivity index (χ0v) is 14.5. The van der Waals surface area contributed by atoms with E-state index in [1.807, 2.05) is 0 Å². The number of hydrogen-bond acceptors (Lipinski definition) is 9. The molecular formula is C13H21NO8S. The lowest BCUT2D eigenvalue weighted by molar-refractivity contribution is -0.179. The molecule has 0 aromatic rings. The van der Waals surface area contributed by atoms with Crippen molar-refractivity contribution in [3.05, 3.63) is 0 Å². The first-order valence-corrected chi connectivity index (χ1v) is 9.08. The maximum atomic E-state index is 11.1. The van der Waals surface area contributed by atoms with Crippen LogP contribution in [0.5, 0.6) is 0 Å².